The molecule has 0 spiro atoms. The number of ether oxygens (including phenoxy) is 7. The Kier molecular flexibility index (Phi) is 10.6. The van der Waals surface area contributed by atoms with Gasteiger partial charge in [0.25, 0.3) is 0 Å². The van der Waals surface area contributed by atoms with Gasteiger partial charge < -0.3 is 84.2 Å². The van der Waals surface area contributed by atoms with Gasteiger partial charge in [-0.1, -0.05) is 0 Å². The minimum absolute atomic E-state index is 0.904. The van der Waals surface area contributed by atoms with Gasteiger partial charge in [0.1, 0.15) is 73.2 Å². The lowest BCUT2D eigenvalue weighted by Crippen LogP contribution is -2.66. The van der Waals surface area contributed by atoms with Crippen LogP contribution in [0.15, 0.2) is 0 Å². The minimum Gasteiger partial charge on any atom is -0.388 e. The third kappa shape index (κ3) is 6.57. The predicted octanol–water partition coefficient (Wildman–Crippen LogP) is -5.64. The van der Waals surface area contributed by atoms with Crippen molar-refractivity contribution >= 4 is 0 Å². The first kappa shape index (κ1) is 33.2. The molecular formula is C24H42O17. The van der Waals surface area contributed by atoms with Crippen molar-refractivity contribution in [3.63, 3.8) is 0 Å². The summed E-state index contributed by atoms with van der Waals surface area (Å²) >= 11 is 0. The van der Waals surface area contributed by atoms with Crippen molar-refractivity contribution < 1.29 is 84.2 Å². The zero-order valence-corrected chi connectivity index (χ0v) is 22.9. The molecule has 17 heteroatoms. The maximum atomic E-state index is 10.8. The SMILES string of the molecule is C[C@@H]1O[C@@H](O[C@H]2[C@@H](O)[C@H](O)[C@H](O[C@H]3[C@@H](O)[C@H](O)[C@H](O[C@H]4[C@@H](O)[C@H](O)[C@H](O)O[C@H]4C)O[C@H]3C)O[C@H]2C)[C@@H](O)[C@H](O)[C@@H]1O. The lowest BCUT2D eigenvalue weighted by atomic mass is 9.96. The van der Waals surface area contributed by atoms with Crippen LogP contribution in [0.25, 0.3) is 0 Å². The van der Waals surface area contributed by atoms with Gasteiger partial charge in [0.2, 0.25) is 0 Å². The fourth-order valence-electron chi connectivity index (χ4n) is 5.41. The summed E-state index contributed by atoms with van der Waals surface area (Å²) in [4.78, 5) is 0. The van der Waals surface area contributed by atoms with Crippen molar-refractivity contribution in [2.45, 2.75) is 151 Å². The second kappa shape index (κ2) is 13.1. The van der Waals surface area contributed by atoms with E-state index < -0.39 is 123 Å². The van der Waals surface area contributed by atoms with Gasteiger partial charge in [0.15, 0.2) is 25.2 Å². The van der Waals surface area contributed by atoms with Gasteiger partial charge in [0.05, 0.1) is 24.4 Å². The summed E-state index contributed by atoms with van der Waals surface area (Å²) in [7, 11) is 0. The van der Waals surface area contributed by atoms with Gasteiger partial charge in [0, 0.05) is 0 Å². The van der Waals surface area contributed by atoms with Crippen LogP contribution in [0.4, 0.5) is 0 Å². The Morgan fingerprint density at radius 3 is 1.07 bits per heavy atom. The van der Waals surface area contributed by atoms with E-state index in [9.17, 15) is 51.1 Å². The van der Waals surface area contributed by atoms with E-state index in [4.69, 9.17) is 33.2 Å². The van der Waals surface area contributed by atoms with E-state index >= 15 is 0 Å². The van der Waals surface area contributed by atoms with Crippen molar-refractivity contribution in [2.75, 3.05) is 0 Å². The van der Waals surface area contributed by atoms with Crippen LogP contribution in [0.5, 0.6) is 0 Å². The maximum absolute atomic E-state index is 10.8. The number of rotatable bonds is 6. The van der Waals surface area contributed by atoms with Gasteiger partial charge >= 0.3 is 0 Å². The Bertz CT molecular complexity index is 853. The normalized spacial score (nSPS) is 56.9. The summed E-state index contributed by atoms with van der Waals surface area (Å²) in [5.41, 5.74) is 0. The minimum atomic E-state index is -1.75. The Hall–Kier alpha value is -0.680. The monoisotopic (exact) mass is 602 g/mol. The van der Waals surface area contributed by atoms with Crippen molar-refractivity contribution in [1.82, 2.24) is 0 Å². The summed E-state index contributed by atoms with van der Waals surface area (Å²) < 4.78 is 38.8. The average Bonchev–Trinajstić information content (AvgIpc) is 2.92. The predicted molar refractivity (Wildman–Crippen MR) is 128 cm³/mol. The quantitative estimate of drug-likeness (QED) is 0.136. The Balaban J connectivity index is 1.37. The summed E-state index contributed by atoms with van der Waals surface area (Å²) in [6.07, 6.45) is -28.5. The third-order valence-corrected chi connectivity index (χ3v) is 8.03. The van der Waals surface area contributed by atoms with E-state index in [1.165, 1.54) is 27.7 Å². The molecule has 0 amide bonds. The average molecular weight is 603 g/mol. The molecule has 0 radical (unpaired) electrons. The molecule has 4 rings (SSSR count). The lowest BCUT2D eigenvalue weighted by molar-refractivity contribution is -0.381. The van der Waals surface area contributed by atoms with Gasteiger partial charge in [-0.25, -0.2) is 0 Å². The highest BCUT2D eigenvalue weighted by Gasteiger charge is 2.53. The van der Waals surface area contributed by atoms with Crippen LogP contribution < -0.4 is 0 Å². The second-order valence-corrected chi connectivity index (χ2v) is 11.1. The van der Waals surface area contributed by atoms with Gasteiger partial charge in [-0.15, -0.1) is 0 Å². The van der Waals surface area contributed by atoms with Crippen molar-refractivity contribution in [3.8, 4) is 0 Å². The summed E-state index contributed by atoms with van der Waals surface area (Å²) in [5.74, 6) is 0. The van der Waals surface area contributed by atoms with Gasteiger partial charge in [-0.3, -0.25) is 0 Å². The van der Waals surface area contributed by atoms with Crippen LogP contribution in [0, 0.1) is 0 Å². The van der Waals surface area contributed by atoms with Crippen LogP contribution >= 0.6 is 0 Å². The van der Waals surface area contributed by atoms with Crippen LogP contribution in [0.3, 0.4) is 0 Å². The molecule has 0 aromatic rings. The standard InChI is InChI=1S/C24H42O17/c1-5-9(25)10(26)15(31)22(36-5)40-19-7(3)38-24(17(33)12(19)28)41-20-8(4)37-23(16(32)13(20)29)39-18-6(2)35-21(34)14(30)11(18)27/h5-34H,1-4H3/t5-,6-,7-,8-,9+,10+,11-,12-,13-,14-,15-,16-,17-,18+,19+,20+,21+,22-,23-,24-/m0/s1. The van der Waals surface area contributed by atoms with E-state index in [-0.39, 0.29) is 0 Å². The number of aliphatic hydroxyl groups excluding tert-OH is 10. The van der Waals surface area contributed by atoms with E-state index in [0.29, 0.717) is 0 Å². The molecule has 4 aliphatic heterocycles. The second-order valence-electron chi connectivity index (χ2n) is 11.1. The molecule has 10 N–H and O–H groups in total. The van der Waals surface area contributed by atoms with Gasteiger partial charge in [-0.05, 0) is 27.7 Å². The first-order valence-corrected chi connectivity index (χ1v) is 13.5. The molecule has 0 aromatic carbocycles. The number of hydrogen-bond donors (Lipinski definition) is 10. The molecule has 0 unspecified atom stereocenters. The highest BCUT2D eigenvalue weighted by atomic mass is 16.8. The molecule has 240 valence electrons. The molecular weight excluding hydrogens is 560 g/mol. The molecule has 4 saturated heterocycles. The van der Waals surface area contributed by atoms with Crippen LogP contribution in [-0.4, -0.2) is 174 Å². The van der Waals surface area contributed by atoms with Crippen LogP contribution in [0.2, 0.25) is 0 Å². The Morgan fingerprint density at radius 2 is 0.659 bits per heavy atom. The Labute approximate surface area is 235 Å². The van der Waals surface area contributed by atoms with Crippen molar-refractivity contribution in [1.29, 1.82) is 0 Å². The maximum Gasteiger partial charge on any atom is 0.187 e. The third-order valence-electron chi connectivity index (χ3n) is 8.03. The lowest BCUT2D eigenvalue weighted by Gasteiger charge is -2.48. The molecule has 41 heavy (non-hydrogen) atoms. The van der Waals surface area contributed by atoms with E-state index in [2.05, 4.69) is 0 Å². The van der Waals surface area contributed by atoms with Crippen LogP contribution in [0.1, 0.15) is 27.7 Å². The summed E-state index contributed by atoms with van der Waals surface area (Å²) in [6.45, 7) is 5.85. The Morgan fingerprint density at radius 1 is 0.341 bits per heavy atom. The zero-order chi connectivity index (χ0) is 30.5. The smallest absolute Gasteiger partial charge is 0.187 e. The molecule has 17 nitrogen and oxygen atoms in total. The topological polar surface area (TPSA) is 267 Å². The zero-order valence-electron chi connectivity index (χ0n) is 22.9. The first-order valence-electron chi connectivity index (χ1n) is 13.5. The van der Waals surface area contributed by atoms with E-state index in [0.717, 1.165) is 0 Å². The highest BCUT2D eigenvalue weighted by Crippen LogP contribution is 2.33. The molecule has 20 atom stereocenters. The molecule has 0 bridgehead atoms. The van der Waals surface area contributed by atoms with E-state index in [1.807, 2.05) is 0 Å². The molecule has 0 aromatic heterocycles. The van der Waals surface area contributed by atoms with Gasteiger partial charge in [-0.2, -0.15) is 0 Å². The highest BCUT2D eigenvalue weighted by molar-refractivity contribution is 4.96. The molecule has 4 aliphatic rings. The van der Waals surface area contributed by atoms with E-state index in [1.54, 1.807) is 0 Å². The largest absolute Gasteiger partial charge is 0.388 e. The summed E-state index contributed by atoms with van der Waals surface area (Å²) in [6, 6.07) is 0. The fourth-order valence-corrected chi connectivity index (χ4v) is 5.41. The first-order chi connectivity index (χ1) is 19.1. The molecule has 4 fully saturated rings. The summed E-state index contributed by atoms with van der Waals surface area (Å²) in [5, 5.41) is 103. The van der Waals surface area contributed by atoms with Crippen molar-refractivity contribution in [3.05, 3.63) is 0 Å². The number of hydrogen-bond acceptors (Lipinski definition) is 17. The molecule has 0 saturated carbocycles. The molecule has 4 heterocycles. The van der Waals surface area contributed by atoms with Crippen molar-refractivity contribution in [2.24, 2.45) is 0 Å². The number of aliphatic hydroxyl groups is 10. The van der Waals surface area contributed by atoms with Crippen LogP contribution in [-0.2, 0) is 33.2 Å². The molecule has 0 aliphatic carbocycles. The fraction of sp³-hybridized carbons (Fsp3) is 1.00.